The van der Waals surface area contributed by atoms with Gasteiger partial charge < -0.3 is 14.4 Å². The molecule has 0 saturated carbocycles. The molecule has 0 aliphatic carbocycles. The molecule has 4 heteroatoms. The molecule has 1 aliphatic rings. The summed E-state index contributed by atoms with van der Waals surface area (Å²) in [7, 11) is 0. The molecule has 1 aromatic rings. The van der Waals surface area contributed by atoms with Gasteiger partial charge in [-0.2, -0.15) is 0 Å². The van der Waals surface area contributed by atoms with Crippen molar-refractivity contribution in [3.05, 3.63) is 17.9 Å². The molecule has 1 aromatic heterocycles. The minimum Gasteiger partial charge on any atom is -0.475 e. The fourth-order valence-corrected chi connectivity index (χ4v) is 2.56. The summed E-state index contributed by atoms with van der Waals surface area (Å²) in [5.41, 5.74) is 0.371. The largest absolute Gasteiger partial charge is 0.475 e. The number of hydrogen-bond acceptors (Lipinski definition) is 3. The van der Waals surface area contributed by atoms with Crippen LogP contribution in [0.25, 0.3) is 0 Å². The molecule has 2 rings (SSSR count). The van der Waals surface area contributed by atoms with E-state index >= 15 is 0 Å². The van der Waals surface area contributed by atoms with Crippen LogP contribution in [0, 0.1) is 5.41 Å². The fourth-order valence-electron chi connectivity index (χ4n) is 2.56. The summed E-state index contributed by atoms with van der Waals surface area (Å²) in [5, 5.41) is 8.82. The Balaban J connectivity index is 2.12. The molecule has 1 aliphatic heterocycles. The summed E-state index contributed by atoms with van der Waals surface area (Å²) in [6.07, 6.45) is 3.47. The van der Waals surface area contributed by atoms with Crippen LogP contribution in [0.2, 0.25) is 0 Å². The first-order chi connectivity index (χ1) is 8.10. The topological polar surface area (TPSA) is 53.7 Å². The molecule has 94 valence electrons. The molecule has 1 saturated heterocycles. The van der Waals surface area contributed by atoms with Gasteiger partial charge in [0.25, 0.3) is 0 Å². The van der Waals surface area contributed by atoms with E-state index in [2.05, 4.69) is 18.7 Å². The van der Waals surface area contributed by atoms with E-state index < -0.39 is 5.97 Å². The number of nitrogens with zero attached hydrogens (tertiary/aromatic N) is 1. The van der Waals surface area contributed by atoms with Crippen LogP contribution in [0.4, 0.5) is 5.88 Å². The van der Waals surface area contributed by atoms with E-state index in [0.29, 0.717) is 11.3 Å². The Hall–Kier alpha value is -1.45. The van der Waals surface area contributed by atoms with E-state index in [0.717, 1.165) is 32.4 Å². The number of carboxylic acids is 1. The molecule has 1 N–H and O–H groups in total. The zero-order chi connectivity index (χ0) is 12.5. The highest BCUT2D eigenvalue weighted by Crippen LogP contribution is 2.39. The lowest BCUT2D eigenvalue weighted by Crippen LogP contribution is -2.25. The van der Waals surface area contributed by atoms with Crippen LogP contribution < -0.4 is 4.90 Å². The Labute approximate surface area is 101 Å². The summed E-state index contributed by atoms with van der Waals surface area (Å²) in [6, 6.07) is 3.28. The molecule has 0 aromatic carbocycles. The van der Waals surface area contributed by atoms with Crippen LogP contribution in [0.1, 0.15) is 43.7 Å². The van der Waals surface area contributed by atoms with Gasteiger partial charge in [-0.15, -0.1) is 0 Å². The first-order valence-corrected chi connectivity index (χ1v) is 6.18. The summed E-state index contributed by atoms with van der Waals surface area (Å²) < 4.78 is 5.34. The molecule has 0 unspecified atom stereocenters. The lowest BCUT2D eigenvalue weighted by Gasteiger charge is -2.26. The Morgan fingerprint density at radius 2 is 2.18 bits per heavy atom. The van der Waals surface area contributed by atoms with Crippen molar-refractivity contribution < 1.29 is 14.3 Å². The Bertz CT molecular complexity index is 407. The minimum atomic E-state index is -1.01. The molecular formula is C13H19NO3. The summed E-state index contributed by atoms with van der Waals surface area (Å²) in [4.78, 5) is 12.9. The number of carbonyl (C=O) groups is 1. The van der Waals surface area contributed by atoms with Gasteiger partial charge in [0.15, 0.2) is 5.88 Å². The van der Waals surface area contributed by atoms with E-state index in [9.17, 15) is 4.79 Å². The van der Waals surface area contributed by atoms with Gasteiger partial charge in [0.05, 0.1) is 0 Å². The SMILES string of the molecule is CCC1(CC)CCN(c2ccc(C(=O)O)o2)C1. The standard InChI is InChI=1S/C13H19NO3/c1-3-13(4-2)7-8-14(9-13)11-6-5-10(17-11)12(15)16/h5-6H,3-4,7-9H2,1-2H3,(H,15,16). The maximum Gasteiger partial charge on any atom is 0.371 e. The van der Waals surface area contributed by atoms with Crippen molar-refractivity contribution in [1.82, 2.24) is 0 Å². The van der Waals surface area contributed by atoms with Crippen molar-refractivity contribution in [2.45, 2.75) is 33.1 Å². The second kappa shape index (κ2) is 4.43. The van der Waals surface area contributed by atoms with Gasteiger partial charge in [0.1, 0.15) is 0 Å². The van der Waals surface area contributed by atoms with Gasteiger partial charge in [-0.25, -0.2) is 4.79 Å². The quantitative estimate of drug-likeness (QED) is 0.874. The second-order valence-electron chi connectivity index (χ2n) is 4.82. The molecule has 0 spiro atoms. The third kappa shape index (κ3) is 2.16. The zero-order valence-electron chi connectivity index (χ0n) is 10.4. The van der Waals surface area contributed by atoms with E-state index in [1.54, 1.807) is 6.07 Å². The molecule has 0 bridgehead atoms. The van der Waals surface area contributed by atoms with Gasteiger partial charge in [0, 0.05) is 19.2 Å². The summed E-state index contributed by atoms with van der Waals surface area (Å²) >= 11 is 0. The van der Waals surface area contributed by atoms with Crippen molar-refractivity contribution in [3.63, 3.8) is 0 Å². The number of carboxylic acid groups (broad SMARTS) is 1. The van der Waals surface area contributed by atoms with Crippen LogP contribution in [0.15, 0.2) is 16.5 Å². The number of aromatic carboxylic acids is 1. The van der Waals surface area contributed by atoms with Crippen molar-refractivity contribution in [3.8, 4) is 0 Å². The lowest BCUT2D eigenvalue weighted by atomic mass is 9.82. The first kappa shape index (κ1) is 12.0. The highest BCUT2D eigenvalue weighted by atomic mass is 16.4. The molecule has 17 heavy (non-hydrogen) atoms. The van der Waals surface area contributed by atoms with Crippen molar-refractivity contribution >= 4 is 11.9 Å². The van der Waals surface area contributed by atoms with Crippen LogP contribution in [0.5, 0.6) is 0 Å². The van der Waals surface area contributed by atoms with Crippen LogP contribution in [0.3, 0.4) is 0 Å². The van der Waals surface area contributed by atoms with E-state index in [-0.39, 0.29) is 5.76 Å². The van der Waals surface area contributed by atoms with E-state index in [4.69, 9.17) is 9.52 Å². The maximum atomic E-state index is 10.8. The molecular weight excluding hydrogens is 218 g/mol. The molecule has 1 fully saturated rings. The highest BCUT2D eigenvalue weighted by Gasteiger charge is 2.36. The number of anilines is 1. The highest BCUT2D eigenvalue weighted by molar-refractivity contribution is 5.84. The zero-order valence-corrected chi connectivity index (χ0v) is 10.4. The number of hydrogen-bond donors (Lipinski definition) is 1. The summed E-state index contributed by atoms with van der Waals surface area (Å²) in [5.74, 6) is -0.302. The van der Waals surface area contributed by atoms with Crippen LogP contribution in [-0.4, -0.2) is 24.2 Å². The monoisotopic (exact) mass is 237 g/mol. The normalized spacial score (nSPS) is 18.6. The predicted octanol–water partition coefficient (Wildman–Crippen LogP) is 2.99. The molecule has 0 atom stereocenters. The van der Waals surface area contributed by atoms with Crippen molar-refractivity contribution in [1.29, 1.82) is 0 Å². The van der Waals surface area contributed by atoms with Crippen LogP contribution >= 0.6 is 0 Å². The molecule has 4 nitrogen and oxygen atoms in total. The van der Waals surface area contributed by atoms with Gasteiger partial charge in [-0.05, 0) is 30.7 Å². The average molecular weight is 237 g/mol. The smallest absolute Gasteiger partial charge is 0.371 e. The maximum absolute atomic E-state index is 10.8. The molecule has 0 radical (unpaired) electrons. The predicted molar refractivity (Wildman–Crippen MR) is 65.5 cm³/mol. The van der Waals surface area contributed by atoms with Gasteiger partial charge in [0.2, 0.25) is 5.76 Å². The van der Waals surface area contributed by atoms with Gasteiger partial charge in [-0.1, -0.05) is 13.8 Å². The van der Waals surface area contributed by atoms with Gasteiger partial charge >= 0.3 is 5.97 Å². The third-order valence-corrected chi connectivity index (χ3v) is 4.05. The number of rotatable bonds is 4. The minimum absolute atomic E-state index is 0.0190. The Morgan fingerprint density at radius 3 is 2.65 bits per heavy atom. The van der Waals surface area contributed by atoms with Crippen molar-refractivity contribution in [2.24, 2.45) is 5.41 Å². The van der Waals surface area contributed by atoms with Crippen molar-refractivity contribution in [2.75, 3.05) is 18.0 Å². The molecule has 2 heterocycles. The average Bonchev–Trinajstić information content (AvgIpc) is 2.96. The number of furan rings is 1. The van der Waals surface area contributed by atoms with Crippen LogP contribution in [-0.2, 0) is 0 Å². The summed E-state index contributed by atoms with van der Waals surface area (Å²) in [6.45, 7) is 6.36. The molecule has 0 amide bonds. The van der Waals surface area contributed by atoms with E-state index in [1.165, 1.54) is 6.07 Å². The third-order valence-electron chi connectivity index (χ3n) is 4.05. The Morgan fingerprint density at radius 1 is 1.47 bits per heavy atom. The van der Waals surface area contributed by atoms with E-state index in [1.807, 2.05) is 0 Å². The second-order valence-corrected chi connectivity index (χ2v) is 4.82. The Kier molecular flexibility index (Phi) is 3.13. The first-order valence-electron chi connectivity index (χ1n) is 6.18. The van der Waals surface area contributed by atoms with Gasteiger partial charge in [-0.3, -0.25) is 0 Å². The lowest BCUT2D eigenvalue weighted by molar-refractivity contribution is 0.0663. The fraction of sp³-hybridized carbons (Fsp3) is 0.615.